The summed E-state index contributed by atoms with van der Waals surface area (Å²) in [6.45, 7) is 3.61. The molecule has 1 aromatic rings. The molecule has 14 heavy (non-hydrogen) atoms. The first kappa shape index (κ1) is 10.2. The number of fused-ring (bicyclic) bond motifs is 1. The van der Waals surface area contributed by atoms with Gasteiger partial charge in [0.05, 0.1) is 0 Å². The third-order valence-electron chi connectivity index (χ3n) is 2.77. The van der Waals surface area contributed by atoms with Crippen molar-refractivity contribution in [2.24, 2.45) is 0 Å². The maximum atomic E-state index is 9.50. The molecule has 1 heterocycles. The van der Waals surface area contributed by atoms with E-state index in [0.29, 0.717) is 0 Å². The van der Waals surface area contributed by atoms with Crippen molar-refractivity contribution in [3.8, 4) is 0 Å². The van der Waals surface area contributed by atoms with Crippen LogP contribution < -0.4 is 0 Å². The molecule has 4 heteroatoms. The van der Waals surface area contributed by atoms with Crippen molar-refractivity contribution in [1.82, 2.24) is 4.81 Å². The van der Waals surface area contributed by atoms with Crippen molar-refractivity contribution in [3.63, 3.8) is 0 Å². The van der Waals surface area contributed by atoms with Crippen LogP contribution in [0.1, 0.15) is 11.1 Å². The van der Waals surface area contributed by atoms with Crippen molar-refractivity contribution >= 4 is 23.0 Å². The van der Waals surface area contributed by atoms with Crippen LogP contribution in [-0.2, 0) is 13.0 Å². The molecule has 1 aromatic carbocycles. The lowest BCUT2D eigenvalue weighted by Crippen LogP contribution is -2.40. The van der Waals surface area contributed by atoms with Gasteiger partial charge in [-0.3, -0.25) is 0 Å². The Morgan fingerprint density at radius 1 is 1.50 bits per heavy atom. The third kappa shape index (κ3) is 1.87. The Morgan fingerprint density at radius 3 is 3.00 bits per heavy atom. The summed E-state index contributed by atoms with van der Waals surface area (Å²) in [4.78, 5) is 2.08. The van der Waals surface area contributed by atoms with Crippen LogP contribution >= 0.6 is 15.9 Å². The van der Waals surface area contributed by atoms with Crippen LogP contribution in [0.4, 0.5) is 0 Å². The monoisotopic (exact) mass is 253 g/mol. The Morgan fingerprint density at radius 2 is 2.29 bits per heavy atom. The molecule has 1 aliphatic rings. The van der Waals surface area contributed by atoms with Gasteiger partial charge in [-0.15, -0.1) is 0 Å². The number of hydrogen-bond donors (Lipinski definition) is 1. The first-order chi connectivity index (χ1) is 6.68. The minimum Gasteiger partial charge on any atom is -0.437 e. The molecular formula is C10H13BBrNO. The molecule has 0 saturated heterocycles. The quantitative estimate of drug-likeness (QED) is 0.774. The van der Waals surface area contributed by atoms with E-state index in [0.717, 1.165) is 24.0 Å². The van der Waals surface area contributed by atoms with Crippen LogP contribution in [-0.4, -0.2) is 23.4 Å². The van der Waals surface area contributed by atoms with E-state index in [1.165, 1.54) is 11.1 Å². The Balaban J connectivity index is 2.29. The average Bonchev–Trinajstić information content (AvgIpc) is 2.18. The van der Waals surface area contributed by atoms with E-state index in [2.05, 4.69) is 38.9 Å². The van der Waals surface area contributed by atoms with E-state index in [-0.39, 0.29) is 7.05 Å². The van der Waals surface area contributed by atoms with E-state index >= 15 is 0 Å². The predicted molar refractivity (Wildman–Crippen MR) is 62.1 cm³/mol. The highest BCUT2D eigenvalue weighted by molar-refractivity contribution is 9.10. The molecular weight excluding hydrogens is 241 g/mol. The van der Waals surface area contributed by atoms with Crippen LogP contribution in [0.2, 0.25) is 6.82 Å². The number of halogens is 1. The van der Waals surface area contributed by atoms with Crippen molar-refractivity contribution < 1.29 is 5.02 Å². The summed E-state index contributed by atoms with van der Waals surface area (Å²) in [5, 5.41) is 9.50. The summed E-state index contributed by atoms with van der Waals surface area (Å²) in [5.41, 5.74) is 2.72. The Bertz CT molecular complexity index is 343. The second-order valence-electron chi connectivity index (χ2n) is 3.73. The smallest absolute Gasteiger partial charge is 0.376 e. The molecule has 2 nitrogen and oxygen atoms in total. The zero-order chi connectivity index (χ0) is 10.1. The van der Waals surface area contributed by atoms with Crippen molar-refractivity contribution in [2.45, 2.75) is 19.8 Å². The van der Waals surface area contributed by atoms with Crippen molar-refractivity contribution in [3.05, 3.63) is 33.8 Å². The van der Waals surface area contributed by atoms with Gasteiger partial charge < -0.3 is 9.83 Å². The van der Waals surface area contributed by atoms with Gasteiger partial charge in [0.25, 0.3) is 0 Å². The fourth-order valence-electron chi connectivity index (χ4n) is 1.88. The molecule has 0 aliphatic carbocycles. The molecule has 74 valence electrons. The Kier molecular flexibility index (Phi) is 2.95. The van der Waals surface area contributed by atoms with E-state index < -0.39 is 0 Å². The fraction of sp³-hybridized carbons (Fsp3) is 0.400. The molecule has 1 aliphatic heterocycles. The van der Waals surface area contributed by atoms with Gasteiger partial charge in [-0.25, -0.2) is 0 Å². The zero-order valence-corrected chi connectivity index (χ0v) is 9.79. The fourth-order valence-corrected chi connectivity index (χ4v) is 2.41. The predicted octanol–water partition coefficient (Wildman–Crippen LogP) is 1.92. The molecule has 0 unspecified atom stereocenters. The molecule has 0 amide bonds. The minimum atomic E-state index is -0.352. The van der Waals surface area contributed by atoms with E-state index in [4.69, 9.17) is 0 Å². The summed E-state index contributed by atoms with van der Waals surface area (Å²) in [6.07, 6.45) is 1.03. The van der Waals surface area contributed by atoms with Gasteiger partial charge in [-0.05, 0) is 37.0 Å². The van der Waals surface area contributed by atoms with Crippen molar-refractivity contribution in [1.29, 1.82) is 0 Å². The van der Waals surface area contributed by atoms with Gasteiger partial charge in [-0.1, -0.05) is 28.1 Å². The first-order valence-electron chi connectivity index (χ1n) is 4.87. The summed E-state index contributed by atoms with van der Waals surface area (Å²) in [5.74, 6) is 0. The van der Waals surface area contributed by atoms with Crippen molar-refractivity contribution in [2.75, 3.05) is 6.54 Å². The molecule has 0 spiro atoms. The molecule has 0 radical (unpaired) electrons. The summed E-state index contributed by atoms with van der Waals surface area (Å²) >= 11 is 3.55. The Hall–Kier alpha value is -0.315. The lowest BCUT2D eigenvalue weighted by Gasteiger charge is -2.30. The van der Waals surface area contributed by atoms with Crippen LogP contribution in [0.3, 0.4) is 0 Å². The highest BCUT2D eigenvalue weighted by Crippen LogP contribution is 2.26. The molecule has 1 N–H and O–H groups in total. The third-order valence-corrected chi connectivity index (χ3v) is 3.52. The Labute approximate surface area is 93.2 Å². The number of hydrogen-bond acceptors (Lipinski definition) is 2. The van der Waals surface area contributed by atoms with Gasteiger partial charge in [0.15, 0.2) is 0 Å². The highest BCUT2D eigenvalue weighted by Gasteiger charge is 2.22. The lowest BCUT2D eigenvalue weighted by atomic mass is 9.81. The number of benzene rings is 1. The minimum absolute atomic E-state index is 0.352. The number of rotatable bonds is 1. The van der Waals surface area contributed by atoms with Crippen LogP contribution in [0, 0.1) is 0 Å². The SMILES string of the molecule is CB(O)N1CCc2cccc(Br)c2C1. The second-order valence-corrected chi connectivity index (χ2v) is 4.58. The van der Waals surface area contributed by atoms with Crippen LogP contribution in [0.15, 0.2) is 22.7 Å². The van der Waals surface area contributed by atoms with Gasteiger partial charge in [0.1, 0.15) is 0 Å². The van der Waals surface area contributed by atoms with E-state index in [1.54, 1.807) is 0 Å². The van der Waals surface area contributed by atoms with E-state index in [9.17, 15) is 5.02 Å². The van der Waals surface area contributed by atoms with Gasteiger partial charge >= 0.3 is 7.05 Å². The van der Waals surface area contributed by atoms with Gasteiger partial charge in [-0.2, -0.15) is 0 Å². The topological polar surface area (TPSA) is 23.5 Å². The standard InChI is InChI=1S/C10H13BBrNO/c1-11(14)13-6-5-8-3-2-4-10(12)9(8)7-13/h2-4,14H,5-7H2,1H3. The van der Waals surface area contributed by atoms with Gasteiger partial charge in [0.2, 0.25) is 0 Å². The first-order valence-corrected chi connectivity index (χ1v) is 5.66. The normalized spacial score (nSPS) is 16.5. The largest absolute Gasteiger partial charge is 0.437 e. The second kappa shape index (κ2) is 4.05. The van der Waals surface area contributed by atoms with Crippen LogP contribution in [0.25, 0.3) is 0 Å². The molecule has 0 atom stereocenters. The summed E-state index contributed by atoms with van der Waals surface area (Å²) in [6, 6.07) is 6.30. The molecule has 0 fully saturated rings. The maximum absolute atomic E-state index is 9.50. The van der Waals surface area contributed by atoms with Crippen LogP contribution in [0.5, 0.6) is 0 Å². The van der Waals surface area contributed by atoms with E-state index in [1.807, 2.05) is 6.82 Å². The maximum Gasteiger partial charge on any atom is 0.376 e. The highest BCUT2D eigenvalue weighted by atomic mass is 79.9. The number of nitrogens with zero attached hydrogens (tertiary/aromatic N) is 1. The zero-order valence-electron chi connectivity index (χ0n) is 8.20. The molecule has 0 bridgehead atoms. The summed E-state index contributed by atoms with van der Waals surface area (Å²) in [7, 11) is -0.352. The average molecular weight is 254 g/mol. The lowest BCUT2D eigenvalue weighted by molar-refractivity contribution is 0.346. The molecule has 0 saturated carbocycles. The summed E-state index contributed by atoms with van der Waals surface area (Å²) < 4.78 is 1.15. The molecule has 2 rings (SSSR count). The van der Waals surface area contributed by atoms with Gasteiger partial charge in [0, 0.05) is 11.0 Å². The molecule has 0 aromatic heterocycles.